The van der Waals surface area contributed by atoms with Crippen LogP contribution in [0.1, 0.15) is 42.1 Å². The number of benzene rings is 2. The second-order valence-electron chi connectivity index (χ2n) is 8.03. The van der Waals surface area contributed by atoms with Crippen LogP contribution in [0, 0.1) is 6.92 Å². The molecule has 2 aromatic heterocycles. The standard InChI is InChI=1S/C26H27N3O/c1-18(2)21-9-10-25-24(15-21)23(16-26(30)28-22-11-13-27-14-12-22)19(3)29(25)17-20-7-5-4-6-8-20/h4-15,18H,16-17H2,1-3H3,(H,27,28,30). The Labute approximate surface area is 177 Å². The number of aromatic nitrogens is 2. The van der Waals surface area contributed by atoms with Crippen molar-refractivity contribution in [2.45, 2.75) is 39.7 Å². The average Bonchev–Trinajstić information content (AvgIpc) is 3.00. The summed E-state index contributed by atoms with van der Waals surface area (Å²) < 4.78 is 2.32. The van der Waals surface area contributed by atoms with Crippen LogP contribution in [-0.2, 0) is 17.8 Å². The maximum Gasteiger partial charge on any atom is 0.228 e. The summed E-state index contributed by atoms with van der Waals surface area (Å²) in [4.78, 5) is 16.8. The summed E-state index contributed by atoms with van der Waals surface area (Å²) in [5, 5.41) is 4.16. The van der Waals surface area contributed by atoms with Crippen LogP contribution in [0.2, 0.25) is 0 Å². The monoisotopic (exact) mass is 397 g/mol. The molecule has 30 heavy (non-hydrogen) atoms. The van der Waals surface area contributed by atoms with Crippen LogP contribution in [-0.4, -0.2) is 15.5 Å². The van der Waals surface area contributed by atoms with E-state index in [1.165, 1.54) is 22.0 Å². The maximum atomic E-state index is 12.8. The normalized spacial score (nSPS) is 11.2. The number of nitrogens with one attached hydrogen (secondary N) is 1. The number of hydrogen-bond acceptors (Lipinski definition) is 2. The number of nitrogens with zero attached hydrogens (tertiary/aromatic N) is 2. The predicted octanol–water partition coefficient (Wildman–Crippen LogP) is 5.70. The molecule has 0 radical (unpaired) electrons. The minimum atomic E-state index is -0.0157. The van der Waals surface area contributed by atoms with E-state index in [-0.39, 0.29) is 5.91 Å². The van der Waals surface area contributed by atoms with Gasteiger partial charge in [-0.25, -0.2) is 0 Å². The third-order valence-electron chi connectivity index (χ3n) is 5.63. The molecule has 4 rings (SSSR count). The van der Waals surface area contributed by atoms with Gasteiger partial charge in [0.2, 0.25) is 5.91 Å². The van der Waals surface area contributed by atoms with E-state index in [0.717, 1.165) is 23.5 Å². The first kappa shape index (κ1) is 19.9. The van der Waals surface area contributed by atoms with Gasteiger partial charge in [0.25, 0.3) is 0 Å². The van der Waals surface area contributed by atoms with Gasteiger partial charge >= 0.3 is 0 Å². The average molecular weight is 398 g/mol. The Balaban J connectivity index is 1.74. The van der Waals surface area contributed by atoms with Gasteiger partial charge in [0.15, 0.2) is 0 Å². The molecule has 0 saturated carbocycles. The molecule has 1 amide bonds. The van der Waals surface area contributed by atoms with Gasteiger partial charge in [-0.1, -0.05) is 50.2 Å². The number of carbonyl (C=O) groups is 1. The van der Waals surface area contributed by atoms with E-state index in [4.69, 9.17) is 0 Å². The molecule has 0 fully saturated rings. The molecular weight excluding hydrogens is 370 g/mol. The third kappa shape index (κ3) is 4.13. The Morgan fingerprint density at radius 3 is 2.47 bits per heavy atom. The van der Waals surface area contributed by atoms with E-state index in [2.05, 4.69) is 78.1 Å². The molecule has 4 nitrogen and oxygen atoms in total. The van der Waals surface area contributed by atoms with Gasteiger partial charge in [-0.05, 0) is 53.8 Å². The van der Waals surface area contributed by atoms with Gasteiger partial charge < -0.3 is 9.88 Å². The first-order valence-electron chi connectivity index (χ1n) is 10.4. The minimum Gasteiger partial charge on any atom is -0.340 e. The number of pyridine rings is 1. The van der Waals surface area contributed by atoms with Crippen molar-refractivity contribution >= 4 is 22.5 Å². The van der Waals surface area contributed by atoms with Crippen molar-refractivity contribution in [1.29, 1.82) is 0 Å². The Kier molecular flexibility index (Phi) is 5.66. The molecule has 4 aromatic rings. The van der Waals surface area contributed by atoms with E-state index >= 15 is 0 Å². The van der Waals surface area contributed by atoms with Crippen molar-refractivity contribution in [3.63, 3.8) is 0 Å². The lowest BCUT2D eigenvalue weighted by atomic mass is 9.99. The van der Waals surface area contributed by atoms with Gasteiger partial charge in [0.1, 0.15) is 0 Å². The number of rotatable bonds is 6. The lowest BCUT2D eigenvalue weighted by Crippen LogP contribution is -2.15. The summed E-state index contributed by atoms with van der Waals surface area (Å²) >= 11 is 0. The highest BCUT2D eigenvalue weighted by Gasteiger charge is 2.18. The second-order valence-corrected chi connectivity index (χ2v) is 8.03. The summed E-state index contributed by atoms with van der Waals surface area (Å²) in [6.07, 6.45) is 3.71. The van der Waals surface area contributed by atoms with Crippen molar-refractivity contribution in [2.75, 3.05) is 5.32 Å². The summed E-state index contributed by atoms with van der Waals surface area (Å²) in [7, 11) is 0. The van der Waals surface area contributed by atoms with Gasteiger partial charge in [0.05, 0.1) is 6.42 Å². The fourth-order valence-corrected chi connectivity index (χ4v) is 3.92. The van der Waals surface area contributed by atoms with Crippen molar-refractivity contribution < 1.29 is 4.79 Å². The molecule has 2 heterocycles. The molecule has 0 aliphatic carbocycles. The van der Waals surface area contributed by atoms with E-state index < -0.39 is 0 Å². The summed E-state index contributed by atoms with van der Waals surface area (Å²) in [6, 6.07) is 20.7. The topological polar surface area (TPSA) is 46.9 Å². The molecule has 152 valence electrons. The predicted molar refractivity (Wildman–Crippen MR) is 123 cm³/mol. The maximum absolute atomic E-state index is 12.8. The van der Waals surface area contributed by atoms with E-state index in [1.807, 2.05) is 6.07 Å². The quantitative estimate of drug-likeness (QED) is 0.454. The first-order chi connectivity index (χ1) is 14.5. The van der Waals surface area contributed by atoms with Gasteiger partial charge in [-0.15, -0.1) is 0 Å². The van der Waals surface area contributed by atoms with Crippen molar-refractivity contribution in [1.82, 2.24) is 9.55 Å². The van der Waals surface area contributed by atoms with Crippen molar-refractivity contribution in [3.05, 3.63) is 95.4 Å². The molecule has 0 atom stereocenters. The van der Waals surface area contributed by atoms with Crippen molar-refractivity contribution in [2.24, 2.45) is 0 Å². The fraction of sp³-hybridized carbons (Fsp3) is 0.231. The summed E-state index contributed by atoms with van der Waals surface area (Å²) in [5.74, 6) is 0.420. The zero-order chi connectivity index (χ0) is 21.1. The van der Waals surface area contributed by atoms with Gasteiger partial charge in [0, 0.05) is 41.2 Å². The number of fused-ring (bicyclic) bond motifs is 1. The molecule has 0 aliphatic rings. The van der Waals surface area contributed by atoms with Crippen LogP contribution < -0.4 is 5.32 Å². The summed E-state index contributed by atoms with van der Waals surface area (Å²) in [6.45, 7) is 7.30. The number of amides is 1. The van der Waals surface area contributed by atoms with Crippen LogP contribution in [0.4, 0.5) is 5.69 Å². The number of hydrogen-bond donors (Lipinski definition) is 1. The largest absolute Gasteiger partial charge is 0.340 e. The van der Waals surface area contributed by atoms with Crippen LogP contribution >= 0.6 is 0 Å². The van der Waals surface area contributed by atoms with E-state index in [9.17, 15) is 4.79 Å². The lowest BCUT2D eigenvalue weighted by molar-refractivity contribution is -0.115. The zero-order valence-electron chi connectivity index (χ0n) is 17.7. The van der Waals surface area contributed by atoms with E-state index in [1.54, 1.807) is 24.5 Å². The molecule has 2 aromatic carbocycles. The van der Waals surface area contributed by atoms with Crippen molar-refractivity contribution in [3.8, 4) is 0 Å². The number of anilines is 1. The number of carbonyl (C=O) groups excluding carboxylic acids is 1. The lowest BCUT2D eigenvalue weighted by Gasteiger charge is -2.10. The highest BCUT2D eigenvalue weighted by Crippen LogP contribution is 2.30. The van der Waals surface area contributed by atoms with Gasteiger partial charge in [-0.2, -0.15) is 0 Å². The highest BCUT2D eigenvalue weighted by atomic mass is 16.1. The zero-order valence-corrected chi connectivity index (χ0v) is 17.7. The van der Waals surface area contributed by atoms with E-state index in [0.29, 0.717) is 12.3 Å². The highest BCUT2D eigenvalue weighted by molar-refractivity contribution is 5.96. The molecule has 4 heteroatoms. The smallest absolute Gasteiger partial charge is 0.228 e. The first-order valence-corrected chi connectivity index (χ1v) is 10.4. The molecule has 0 saturated heterocycles. The Bertz CT molecular complexity index is 1160. The molecule has 0 bridgehead atoms. The third-order valence-corrected chi connectivity index (χ3v) is 5.63. The molecule has 0 unspecified atom stereocenters. The second kappa shape index (κ2) is 8.54. The van der Waals surface area contributed by atoms with Crippen LogP contribution in [0.15, 0.2) is 73.1 Å². The summed E-state index contributed by atoms with van der Waals surface area (Å²) in [5.41, 5.74) is 6.71. The molecular formula is C26H27N3O. The fourth-order valence-electron chi connectivity index (χ4n) is 3.92. The van der Waals surface area contributed by atoms with Crippen LogP contribution in [0.5, 0.6) is 0 Å². The Morgan fingerprint density at radius 1 is 1.03 bits per heavy atom. The van der Waals surface area contributed by atoms with Crippen LogP contribution in [0.3, 0.4) is 0 Å². The molecule has 0 aliphatic heterocycles. The Hall–Kier alpha value is -3.40. The van der Waals surface area contributed by atoms with Crippen LogP contribution in [0.25, 0.3) is 10.9 Å². The Morgan fingerprint density at radius 2 is 1.77 bits per heavy atom. The SMILES string of the molecule is Cc1c(CC(=O)Nc2ccncc2)c2cc(C(C)C)ccc2n1Cc1ccccc1. The minimum absolute atomic E-state index is 0.0157. The van der Waals surface area contributed by atoms with Gasteiger partial charge in [-0.3, -0.25) is 9.78 Å². The molecule has 1 N–H and O–H groups in total. The molecule has 0 spiro atoms.